The Hall–Kier alpha value is -2.32. The Balaban J connectivity index is 0. The van der Waals surface area contributed by atoms with Crippen molar-refractivity contribution in [1.82, 2.24) is 15.4 Å². The van der Waals surface area contributed by atoms with Crippen LogP contribution in [-0.2, 0) is 0 Å². The maximum atomic E-state index is 8.56. The first-order valence-electron chi connectivity index (χ1n) is 2.60. The molecule has 0 unspecified atom stereocenters. The van der Waals surface area contributed by atoms with E-state index in [1.54, 1.807) is 12.4 Å². The van der Waals surface area contributed by atoms with Crippen LogP contribution in [0.5, 0.6) is 0 Å². The molecule has 13 heavy (non-hydrogen) atoms. The Morgan fingerprint density at radius 1 is 0.923 bits per heavy atom. The molecule has 0 radical (unpaired) electrons. The van der Waals surface area contributed by atoms with Gasteiger partial charge in [-0.15, -0.1) is 0 Å². The molecule has 1 rings (SSSR count). The van der Waals surface area contributed by atoms with Crippen LogP contribution in [-0.4, -0.2) is 48.1 Å². The van der Waals surface area contributed by atoms with E-state index in [0.717, 1.165) is 0 Å². The van der Waals surface area contributed by atoms with E-state index < -0.39 is 12.3 Å². The highest BCUT2D eigenvalue weighted by Crippen LogP contribution is 1.55. The third-order valence-electron chi connectivity index (χ3n) is 0.331. The van der Waals surface area contributed by atoms with E-state index in [2.05, 4.69) is 15.4 Å². The average molecular weight is 193 g/mol. The summed E-state index contributed by atoms with van der Waals surface area (Å²) in [6.07, 6.45) is -0.500. The summed E-state index contributed by atoms with van der Waals surface area (Å²) in [4.78, 5) is 17.1. The van der Waals surface area contributed by atoms with E-state index in [-0.39, 0.29) is 0 Å². The molecule has 0 spiro atoms. The first kappa shape index (κ1) is 13.3. The van der Waals surface area contributed by atoms with Gasteiger partial charge in [-0.3, -0.25) is 0 Å². The van der Waals surface area contributed by atoms with Crippen molar-refractivity contribution in [3.63, 3.8) is 0 Å². The molecule has 1 aromatic rings. The highest BCUT2D eigenvalue weighted by molar-refractivity contribution is 5.53. The predicted octanol–water partition coefficient (Wildman–Crippen LogP) is 0.250. The van der Waals surface area contributed by atoms with Gasteiger partial charge in [-0.25, -0.2) is 9.59 Å². The zero-order valence-electron chi connectivity index (χ0n) is 6.15. The molecule has 1 aromatic heterocycles. The zero-order chi connectivity index (χ0) is 10.7. The average Bonchev–Trinajstić information content (AvgIpc) is 2.35. The maximum Gasteiger partial charge on any atom is 0.503 e. The summed E-state index contributed by atoms with van der Waals surface area (Å²) in [5.74, 6) is 0. The summed E-state index contributed by atoms with van der Waals surface area (Å²) in [6.45, 7) is 0. The third kappa shape index (κ3) is 79.5. The van der Waals surface area contributed by atoms with Gasteiger partial charge in [0.1, 0.15) is 0 Å². The Morgan fingerprint density at radius 2 is 1.15 bits per heavy atom. The van der Waals surface area contributed by atoms with E-state index in [9.17, 15) is 0 Å². The van der Waals surface area contributed by atoms with E-state index in [1.165, 1.54) is 0 Å². The second kappa shape index (κ2) is 9.68. The van der Waals surface area contributed by atoms with Crippen molar-refractivity contribution in [1.29, 1.82) is 0 Å². The number of rotatable bonds is 0. The molecule has 0 aliphatic rings. The van der Waals surface area contributed by atoms with Crippen molar-refractivity contribution in [2.24, 2.45) is 0 Å². The smallest absolute Gasteiger partial charge is 0.450 e. The van der Waals surface area contributed by atoms with Gasteiger partial charge >= 0.3 is 12.3 Å². The minimum atomic E-state index is -1.83. The summed E-state index contributed by atoms with van der Waals surface area (Å²) in [7, 11) is 0. The van der Waals surface area contributed by atoms with Crippen molar-refractivity contribution in [3.8, 4) is 0 Å². The van der Waals surface area contributed by atoms with Crippen LogP contribution in [0.2, 0.25) is 0 Å². The van der Waals surface area contributed by atoms with Gasteiger partial charge in [0.15, 0.2) is 0 Å². The molecule has 0 aliphatic carbocycles. The van der Waals surface area contributed by atoms with Gasteiger partial charge < -0.3 is 20.4 Å². The lowest BCUT2D eigenvalue weighted by molar-refractivity contribution is 0.135. The van der Waals surface area contributed by atoms with Gasteiger partial charge in [0.2, 0.25) is 0 Å². The number of nitrogens with zero attached hydrogens (tertiary/aromatic N) is 2. The first-order valence-corrected chi connectivity index (χ1v) is 2.60. The summed E-state index contributed by atoms with van der Waals surface area (Å²) < 4.78 is 0. The molecule has 9 heteroatoms. The Kier molecular flexibility index (Phi) is 9.89. The van der Waals surface area contributed by atoms with Crippen LogP contribution in [0.15, 0.2) is 12.4 Å². The molecule has 0 aromatic carbocycles. The standard InChI is InChI=1S/C2H3N3.2CH2O3/c1-2-4-5-3-1;2*2-1(3)4/h1-2H,(H,3,4,5);2*(H2,2,3,4). The molecular weight excluding hydrogens is 186 g/mol. The van der Waals surface area contributed by atoms with Crippen molar-refractivity contribution >= 4 is 12.3 Å². The number of carboxylic acid groups (broad SMARTS) is 4. The molecule has 0 saturated carbocycles. The van der Waals surface area contributed by atoms with E-state index in [0.29, 0.717) is 0 Å². The fourth-order valence-corrected chi connectivity index (χ4v) is 0.167. The number of hydrogen-bond acceptors (Lipinski definition) is 4. The molecule has 0 saturated heterocycles. The van der Waals surface area contributed by atoms with Gasteiger partial charge in [-0.2, -0.15) is 15.4 Å². The van der Waals surface area contributed by atoms with Crippen LogP contribution in [0.25, 0.3) is 0 Å². The highest BCUT2D eigenvalue weighted by Gasteiger charge is 1.70. The molecule has 0 bridgehead atoms. The van der Waals surface area contributed by atoms with Crippen LogP contribution in [0, 0.1) is 0 Å². The van der Waals surface area contributed by atoms with E-state index in [1.807, 2.05) is 0 Å². The number of hydrogen-bond donors (Lipinski definition) is 5. The topological polar surface area (TPSA) is 157 Å². The Labute approximate surface area is 71.3 Å². The van der Waals surface area contributed by atoms with Crippen LogP contribution in [0.4, 0.5) is 9.59 Å². The monoisotopic (exact) mass is 193 g/mol. The van der Waals surface area contributed by atoms with Gasteiger partial charge in [0.25, 0.3) is 0 Å². The normalized spacial score (nSPS) is 6.77. The van der Waals surface area contributed by atoms with Gasteiger partial charge in [0.05, 0.1) is 12.4 Å². The number of aromatic amines is 1. The quantitative estimate of drug-likeness (QED) is 0.392. The van der Waals surface area contributed by atoms with Gasteiger partial charge in [-0.05, 0) is 0 Å². The molecule has 0 aliphatic heterocycles. The third-order valence-corrected chi connectivity index (χ3v) is 0.331. The molecular formula is C4H7N3O6. The molecule has 0 fully saturated rings. The lowest BCUT2D eigenvalue weighted by atomic mass is 11.0. The van der Waals surface area contributed by atoms with E-state index in [4.69, 9.17) is 30.0 Å². The number of nitrogens with one attached hydrogen (secondary N) is 1. The second-order valence-electron chi connectivity index (χ2n) is 1.22. The van der Waals surface area contributed by atoms with Gasteiger partial charge in [-0.1, -0.05) is 0 Å². The molecule has 0 atom stereocenters. The lowest BCUT2D eigenvalue weighted by Crippen LogP contribution is -1.81. The van der Waals surface area contributed by atoms with Crippen LogP contribution in [0.3, 0.4) is 0 Å². The Morgan fingerprint density at radius 3 is 1.23 bits per heavy atom. The minimum Gasteiger partial charge on any atom is -0.450 e. The van der Waals surface area contributed by atoms with Crippen LogP contribution < -0.4 is 0 Å². The molecule has 5 N–H and O–H groups in total. The second-order valence-corrected chi connectivity index (χ2v) is 1.22. The largest absolute Gasteiger partial charge is 0.503 e. The van der Waals surface area contributed by atoms with Crippen molar-refractivity contribution < 1.29 is 30.0 Å². The van der Waals surface area contributed by atoms with Crippen LogP contribution >= 0.6 is 0 Å². The summed E-state index contributed by atoms with van der Waals surface area (Å²) in [5, 5.41) is 37.2. The first-order chi connectivity index (χ1) is 5.96. The molecule has 74 valence electrons. The zero-order valence-corrected chi connectivity index (χ0v) is 6.15. The summed E-state index contributed by atoms with van der Waals surface area (Å²) in [6, 6.07) is 0. The van der Waals surface area contributed by atoms with Crippen molar-refractivity contribution in [2.75, 3.05) is 0 Å². The number of H-pyrrole nitrogens is 1. The number of aromatic nitrogens is 3. The SMILES string of the molecule is O=C(O)O.O=C(O)O.c1cn[nH]n1. The highest BCUT2D eigenvalue weighted by atomic mass is 16.6. The van der Waals surface area contributed by atoms with Crippen molar-refractivity contribution in [3.05, 3.63) is 12.4 Å². The predicted molar refractivity (Wildman–Crippen MR) is 37.7 cm³/mol. The van der Waals surface area contributed by atoms with Crippen LogP contribution in [0.1, 0.15) is 0 Å². The molecule has 0 amide bonds. The van der Waals surface area contributed by atoms with Crippen molar-refractivity contribution in [2.45, 2.75) is 0 Å². The molecule has 9 nitrogen and oxygen atoms in total. The summed E-state index contributed by atoms with van der Waals surface area (Å²) in [5.41, 5.74) is 0. The fourth-order valence-electron chi connectivity index (χ4n) is 0.167. The lowest BCUT2D eigenvalue weighted by Gasteiger charge is -1.60. The van der Waals surface area contributed by atoms with Gasteiger partial charge in [0, 0.05) is 0 Å². The number of carbonyl (C=O) groups is 2. The fraction of sp³-hybridized carbons (Fsp3) is 0. The Bertz CT molecular complexity index is 185. The summed E-state index contributed by atoms with van der Waals surface area (Å²) >= 11 is 0. The maximum absolute atomic E-state index is 8.56. The minimum absolute atomic E-state index is 1.58. The molecule has 1 heterocycles. The van der Waals surface area contributed by atoms with E-state index >= 15 is 0 Å².